The Labute approximate surface area is 145 Å². The summed E-state index contributed by atoms with van der Waals surface area (Å²) in [7, 11) is 0. The first-order chi connectivity index (χ1) is 11.2. The van der Waals surface area contributed by atoms with Gasteiger partial charge in [-0.2, -0.15) is 0 Å². The Bertz CT molecular complexity index is 755. The van der Waals surface area contributed by atoms with Crippen LogP contribution in [0.3, 0.4) is 0 Å². The maximum absolute atomic E-state index is 13.3. The van der Waals surface area contributed by atoms with Crippen molar-refractivity contribution in [1.29, 1.82) is 0 Å². The quantitative estimate of drug-likeness (QED) is 0.726. The number of halogens is 3. The molecule has 1 unspecified atom stereocenters. The van der Waals surface area contributed by atoms with E-state index in [-0.39, 0.29) is 34.0 Å². The maximum atomic E-state index is 13.3. The van der Waals surface area contributed by atoms with Crippen LogP contribution >= 0.6 is 15.9 Å². The van der Waals surface area contributed by atoms with Gasteiger partial charge >= 0.3 is 11.9 Å². The van der Waals surface area contributed by atoms with Gasteiger partial charge in [0.2, 0.25) is 0 Å². The van der Waals surface area contributed by atoms with E-state index in [2.05, 4.69) is 15.9 Å². The highest BCUT2D eigenvalue weighted by molar-refractivity contribution is 9.08. The third-order valence-electron chi connectivity index (χ3n) is 4.25. The van der Waals surface area contributed by atoms with Crippen LogP contribution in [0.15, 0.2) is 41.5 Å². The average molecular weight is 401 g/mol. The molecule has 0 saturated carbocycles. The second-order valence-electron chi connectivity index (χ2n) is 5.56. The Hall–Kier alpha value is -2.02. The molecule has 2 N–H and O–H groups in total. The van der Waals surface area contributed by atoms with Gasteiger partial charge in [-0.15, -0.1) is 0 Å². The number of alkyl halides is 3. The van der Waals surface area contributed by atoms with Crippen LogP contribution in [0.5, 0.6) is 0 Å². The third-order valence-corrected chi connectivity index (χ3v) is 4.81. The van der Waals surface area contributed by atoms with Crippen molar-refractivity contribution in [3.05, 3.63) is 58.2 Å². The molecular weight excluding hydrogens is 386 g/mol. The van der Waals surface area contributed by atoms with Gasteiger partial charge in [-0.3, -0.25) is 4.79 Å². The second-order valence-corrected chi connectivity index (χ2v) is 6.12. The highest BCUT2D eigenvalue weighted by atomic mass is 79.9. The molecule has 4 nitrogen and oxygen atoms in total. The zero-order valence-corrected chi connectivity index (χ0v) is 14.3. The molecule has 0 amide bonds. The fraction of sp³-hybridized carbons (Fsp3) is 0.294. The molecule has 0 fully saturated rings. The summed E-state index contributed by atoms with van der Waals surface area (Å²) in [6.07, 6.45) is -0.249. The molecule has 1 aromatic carbocycles. The molecule has 0 saturated heterocycles. The molecule has 0 heterocycles. The molecule has 2 rings (SSSR count). The lowest BCUT2D eigenvalue weighted by molar-refractivity contribution is -0.142. The number of aliphatic carboxylic acids is 2. The van der Waals surface area contributed by atoms with Crippen LogP contribution in [0.2, 0.25) is 0 Å². The van der Waals surface area contributed by atoms with Gasteiger partial charge in [-0.05, 0) is 23.6 Å². The molecule has 0 bridgehead atoms. The Morgan fingerprint density at radius 2 is 2.00 bits per heavy atom. The topological polar surface area (TPSA) is 74.6 Å². The predicted octanol–water partition coefficient (Wildman–Crippen LogP) is 4.20. The molecule has 1 atom stereocenters. The van der Waals surface area contributed by atoms with Crippen molar-refractivity contribution in [1.82, 2.24) is 0 Å². The molecule has 24 heavy (non-hydrogen) atoms. The minimum atomic E-state index is -2.76. The summed E-state index contributed by atoms with van der Waals surface area (Å²) < 4.78 is 26.5. The molecule has 0 aliphatic heterocycles. The summed E-state index contributed by atoms with van der Waals surface area (Å²) in [5.74, 6) is -2.49. The minimum absolute atomic E-state index is 0.0385. The number of rotatable bonds is 5. The fourth-order valence-corrected chi connectivity index (χ4v) is 3.54. The zero-order valence-electron chi connectivity index (χ0n) is 12.7. The summed E-state index contributed by atoms with van der Waals surface area (Å²) in [6, 6.07) is 4.07. The fourth-order valence-electron chi connectivity index (χ4n) is 2.91. The largest absolute Gasteiger partial charge is 0.480 e. The molecule has 1 aromatic rings. The zero-order chi connectivity index (χ0) is 18.1. The monoisotopic (exact) mass is 400 g/mol. The summed E-state index contributed by atoms with van der Waals surface area (Å²) in [5.41, 5.74) is -1.20. The number of hydrogen-bond donors (Lipinski definition) is 2. The lowest BCUT2D eigenvalue weighted by atomic mass is 9.70. The van der Waals surface area contributed by atoms with Gasteiger partial charge in [0.1, 0.15) is 5.41 Å². The van der Waals surface area contributed by atoms with Gasteiger partial charge in [0.15, 0.2) is 0 Å². The van der Waals surface area contributed by atoms with E-state index in [0.29, 0.717) is 5.57 Å². The van der Waals surface area contributed by atoms with E-state index in [1.165, 1.54) is 30.4 Å². The second kappa shape index (κ2) is 6.84. The van der Waals surface area contributed by atoms with Crippen LogP contribution in [0.4, 0.5) is 8.78 Å². The lowest BCUT2D eigenvalue weighted by Gasteiger charge is -2.32. The first-order valence-electron chi connectivity index (χ1n) is 7.06. The van der Waals surface area contributed by atoms with E-state index < -0.39 is 23.8 Å². The van der Waals surface area contributed by atoms with Crippen molar-refractivity contribution in [3.63, 3.8) is 0 Å². The van der Waals surface area contributed by atoms with Gasteiger partial charge in [0.05, 0.1) is 0 Å². The van der Waals surface area contributed by atoms with Crippen LogP contribution in [-0.4, -0.2) is 22.2 Å². The minimum Gasteiger partial charge on any atom is -0.480 e. The van der Waals surface area contributed by atoms with Gasteiger partial charge in [0.25, 0.3) is 6.43 Å². The van der Waals surface area contributed by atoms with Crippen molar-refractivity contribution in [2.45, 2.75) is 30.5 Å². The third kappa shape index (κ3) is 3.00. The van der Waals surface area contributed by atoms with Gasteiger partial charge in [-0.25, -0.2) is 13.6 Å². The van der Waals surface area contributed by atoms with Gasteiger partial charge in [-0.1, -0.05) is 46.3 Å². The number of carboxylic acid groups (broad SMARTS) is 2. The smallest absolute Gasteiger partial charge is 0.331 e. The normalized spacial score (nSPS) is 20.5. The number of carboxylic acids is 2. The summed E-state index contributed by atoms with van der Waals surface area (Å²) in [4.78, 5) is 23.5. The number of benzene rings is 1. The first-order valence-corrected chi connectivity index (χ1v) is 8.18. The van der Waals surface area contributed by atoms with Crippen molar-refractivity contribution >= 4 is 27.9 Å². The highest BCUT2D eigenvalue weighted by Crippen LogP contribution is 2.42. The van der Waals surface area contributed by atoms with Crippen LogP contribution in [0.1, 0.15) is 36.5 Å². The average Bonchev–Trinajstić information content (AvgIpc) is 2.54. The summed E-state index contributed by atoms with van der Waals surface area (Å²) in [5, 5.41) is 19.2. The van der Waals surface area contributed by atoms with Crippen LogP contribution < -0.4 is 0 Å². The van der Waals surface area contributed by atoms with Crippen molar-refractivity contribution < 1.29 is 28.6 Å². The molecule has 1 aliphatic carbocycles. The van der Waals surface area contributed by atoms with E-state index >= 15 is 0 Å². The maximum Gasteiger partial charge on any atom is 0.331 e. The van der Waals surface area contributed by atoms with E-state index in [1.54, 1.807) is 6.92 Å². The Balaban J connectivity index is 2.72. The van der Waals surface area contributed by atoms with Gasteiger partial charge < -0.3 is 10.2 Å². The SMILES string of the molecule is CC1=C(C(=O)O)CC(C(=O)O)(c2cccc(C(F)F)c2CBr)C=C1. The number of carbonyl (C=O) groups is 2. The number of allylic oxidation sites excluding steroid dienone is 2. The Morgan fingerprint density at radius 1 is 1.33 bits per heavy atom. The molecule has 0 aromatic heterocycles. The van der Waals surface area contributed by atoms with E-state index in [9.17, 15) is 28.6 Å². The molecule has 7 heteroatoms. The van der Waals surface area contributed by atoms with E-state index in [4.69, 9.17) is 0 Å². The van der Waals surface area contributed by atoms with E-state index in [1.807, 2.05) is 0 Å². The van der Waals surface area contributed by atoms with Crippen molar-refractivity contribution in [2.24, 2.45) is 0 Å². The van der Waals surface area contributed by atoms with Crippen LogP contribution in [0, 0.1) is 0 Å². The lowest BCUT2D eigenvalue weighted by Crippen LogP contribution is -2.38. The molecule has 128 valence electrons. The van der Waals surface area contributed by atoms with E-state index in [0.717, 1.165) is 0 Å². The van der Waals surface area contributed by atoms with Gasteiger partial charge in [0, 0.05) is 22.9 Å². The standard InChI is InChI=1S/C17H15BrF2O4/c1-9-5-6-17(16(23)24,7-11(9)15(21)22)13-4-2-3-10(14(19)20)12(13)8-18/h2-6,14H,7-8H2,1H3,(H,21,22)(H,23,24). The van der Waals surface area contributed by atoms with Crippen molar-refractivity contribution in [3.8, 4) is 0 Å². The summed E-state index contributed by atoms with van der Waals surface area (Å²) >= 11 is 3.14. The highest BCUT2D eigenvalue weighted by Gasteiger charge is 2.44. The van der Waals surface area contributed by atoms with Crippen LogP contribution in [0.25, 0.3) is 0 Å². The Morgan fingerprint density at radius 3 is 2.50 bits per heavy atom. The molecule has 1 aliphatic rings. The molecule has 0 radical (unpaired) electrons. The summed E-state index contributed by atoms with van der Waals surface area (Å²) in [6.45, 7) is 1.58. The predicted molar refractivity (Wildman–Crippen MR) is 87.4 cm³/mol. The molecular formula is C17H15BrF2O4. The number of hydrogen-bond acceptors (Lipinski definition) is 2. The van der Waals surface area contributed by atoms with Crippen molar-refractivity contribution in [2.75, 3.05) is 0 Å². The first kappa shape index (κ1) is 18.3. The Kier molecular flexibility index (Phi) is 5.22. The molecule has 0 spiro atoms. The van der Waals surface area contributed by atoms with Crippen LogP contribution in [-0.2, 0) is 20.3 Å².